The second-order valence-electron chi connectivity index (χ2n) is 8.76. The van der Waals surface area contributed by atoms with E-state index in [2.05, 4.69) is 25.8 Å². The second-order valence-corrected chi connectivity index (χ2v) is 8.76. The number of anilines is 2. The molecule has 0 radical (unpaired) electrons. The summed E-state index contributed by atoms with van der Waals surface area (Å²) in [4.78, 5) is 43.5. The van der Waals surface area contributed by atoms with Gasteiger partial charge in [-0.3, -0.25) is 14.6 Å². The van der Waals surface area contributed by atoms with Gasteiger partial charge in [-0.05, 0) is 61.9 Å². The van der Waals surface area contributed by atoms with E-state index in [4.69, 9.17) is 14.2 Å². The van der Waals surface area contributed by atoms with Crippen LogP contribution < -0.4 is 25.8 Å². The number of carbonyl (C=O) groups excluding carboxylic acids is 2. The molecule has 0 aliphatic heterocycles. The van der Waals surface area contributed by atoms with Crippen LogP contribution >= 0.6 is 0 Å². The maximum atomic E-state index is 12.5. The van der Waals surface area contributed by atoms with Crippen molar-refractivity contribution in [2.24, 2.45) is 5.10 Å². The molecule has 0 aliphatic carbocycles. The summed E-state index contributed by atoms with van der Waals surface area (Å²) in [5, 5.41) is 16.3. The number of hydrogen-bond donors (Lipinski definition) is 3. The number of nitrogens with zero attached hydrogens (tertiary/aromatic N) is 3. The highest BCUT2D eigenvalue weighted by atomic mass is 16.5. The Kier molecular flexibility index (Phi) is 10.2. The number of nitrogens with one attached hydrogen (secondary N) is 3. The predicted octanol–water partition coefficient (Wildman–Crippen LogP) is 4.35. The SMILES string of the molecule is CCOC(=O)c1ccc(NC(=O)COc2ccc(C=NNc3nc(-c4ccccc4)c(C#N)c(=O)[nH]3)cc2OCC)cc1. The van der Waals surface area contributed by atoms with Gasteiger partial charge in [-0.2, -0.15) is 10.4 Å². The van der Waals surface area contributed by atoms with Crippen molar-refractivity contribution in [3.05, 3.63) is 99.8 Å². The van der Waals surface area contributed by atoms with Crippen LogP contribution in [-0.4, -0.2) is 47.9 Å². The van der Waals surface area contributed by atoms with E-state index >= 15 is 0 Å². The molecular weight excluding hydrogens is 552 g/mol. The molecule has 0 fully saturated rings. The summed E-state index contributed by atoms with van der Waals surface area (Å²) in [6.07, 6.45) is 1.49. The van der Waals surface area contributed by atoms with E-state index in [1.54, 1.807) is 73.7 Å². The van der Waals surface area contributed by atoms with Crippen LogP contribution in [0.4, 0.5) is 11.6 Å². The number of benzene rings is 3. The van der Waals surface area contributed by atoms with Gasteiger partial charge in [0.05, 0.1) is 30.7 Å². The molecule has 0 saturated carbocycles. The topological polar surface area (TPSA) is 168 Å². The fourth-order valence-corrected chi connectivity index (χ4v) is 3.84. The molecule has 12 nitrogen and oxygen atoms in total. The minimum atomic E-state index is -0.591. The molecule has 0 bridgehead atoms. The summed E-state index contributed by atoms with van der Waals surface area (Å²) in [5.74, 6) is -0.0280. The molecule has 0 atom stereocenters. The number of amides is 1. The van der Waals surface area contributed by atoms with Crippen LogP contribution in [0.5, 0.6) is 11.5 Å². The predicted molar refractivity (Wildman–Crippen MR) is 160 cm³/mol. The first-order chi connectivity index (χ1) is 20.9. The van der Waals surface area contributed by atoms with E-state index in [0.717, 1.165) is 0 Å². The number of hydrogen-bond acceptors (Lipinski definition) is 10. The Labute approximate surface area is 247 Å². The molecule has 43 heavy (non-hydrogen) atoms. The summed E-state index contributed by atoms with van der Waals surface area (Å²) in [6.45, 7) is 3.89. The molecule has 3 aromatic carbocycles. The molecule has 0 aliphatic rings. The third-order valence-corrected chi connectivity index (χ3v) is 5.77. The molecule has 3 N–H and O–H groups in total. The first-order valence-electron chi connectivity index (χ1n) is 13.3. The Morgan fingerprint density at radius 2 is 1.77 bits per heavy atom. The first kappa shape index (κ1) is 30.0. The number of aromatic amines is 1. The lowest BCUT2D eigenvalue weighted by Crippen LogP contribution is -2.20. The van der Waals surface area contributed by atoms with Gasteiger partial charge in [0.25, 0.3) is 11.5 Å². The normalized spacial score (nSPS) is 10.5. The number of rotatable bonds is 12. The van der Waals surface area contributed by atoms with E-state index in [9.17, 15) is 19.6 Å². The summed E-state index contributed by atoms with van der Waals surface area (Å²) in [6, 6.07) is 22.2. The largest absolute Gasteiger partial charge is 0.490 e. The van der Waals surface area contributed by atoms with Crippen LogP contribution in [0.25, 0.3) is 11.3 Å². The zero-order chi connectivity index (χ0) is 30.6. The molecule has 1 amide bonds. The molecule has 1 heterocycles. The smallest absolute Gasteiger partial charge is 0.338 e. The fraction of sp³-hybridized carbons (Fsp3) is 0.161. The van der Waals surface area contributed by atoms with E-state index in [1.165, 1.54) is 6.21 Å². The highest BCUT2D eigenvalue weighted by Crippen LogP contribution is 2.28. The molecule has 0 spiro atoms. The molecule has 1 aromatic heterocycles. The number of nitriles is 1. The van der Waals surface area contributed by atoms with Crippen LogP contribution in [-0.2, 0) is 9.53 Å². The van der Waals surface area contributed by atoms with Crippen molar-refractivity contribution >= 4 is 29.7 Å². The van der Waals surface area contributed by atoms with Gasteiger partial charge in [-0.25, -0.2) is 15.2 Å². The highest BCUT2D eigenvalue weighted by Gasteiger charge is 2.13. The van der Waals surface area contributed by atoms with Gasteiger partial charge in [0, 0.05) is 11.3 Å². The number of hydrazone groups is 1. The lowest BCUT2D eigenvalue weighted by molar-refractivity contribution is -0.118. The zero-order valence-corrected chi connectivity index (χ0v) is 23.4. The monoisotopic (exact) mass is 580 g/mol. The summed E-state index contributed by atoms with van der Waals surface area (Å²) in [7, 11) is 0. The molecular formula is C31H28N6O6. The first-order valence-corrected chi connectivity index (χ1v) is 13.3. The number of carbonyl (C=O) groups is 2. The molecule has 4 aromatic rings. The minimum Gasteiger partial charge on any atom is -0.490 e. The van der Waals surface area contributed by atoms with Crippen LogP contribution in [0, 0.1) is 11.3 Å². The van der Waals surface area contributed by atoms with Crippen molar-refractivity contribution in [1.29, 1.82) is 5.26 Å². The van der Waals surface area contributed by atoms with Crippen LogP contribution in [0.2, 0.25) is 0 Å². The number of H-pyrrole nitrogens is 1. The molecule has 0 saturated heterocycles. The third kappa shape index (κ3) is 8.05. The van der Waals surface area contributed by atoms with E-state index in [1.807, 2.05) is 19.1 Å². The van der Waals surface area contributed by atoms with Crippen molar-refractivity contribution in [3.63, 3.8) is 0 Å². The van der Waals surface area contributed by atoms with Crippen LogP contribution in [0.3, 0.4) is 0 Å². The maximum Gasteiger partial charge on any atom is 0.338 e. The van der Waals surface area contributed by atoms with Crippen molar-refractivity contribution in [3.8, 4) is 28.8 Å². The van der Waals surface area contributed by atoms with Crippen molar-refractivity contribution in [1.82, 2.24) is 9.97 Å². The molecule has 12 heteroatoms. The standard InChI is InChI=1S/C31H28N6O6/c1-3-41-26-16-20(18-33-37-31-35-28(21-8-6-5-7-9-21)24(17-32)29(39)36-31)10-15-25(26)43-19-27(38)34-23-13-11-22(12-14-23)30(40)42-4-2/h5-16,18H,3-4,19H2,1-2H3,(H,34,38)(H2,35,36,37,39). The van der Waals surface area contributed by atoms with E-state index < -0.39 is 17.4 Å². The Bertz CT molecular complexity index is 1710. The van der Waals surface area contributed by atoms with Gasteiger partial charge in [0.1, 0.15) is 11.6 Å². The van der Waals surface area contributed by atoms with Gasteiger partial charge in [0.15, 0.2) is 18.1 Å². The van der Waals surface area contributed by atoms with Gasteiger partial charge in [0.2, 0.25) is 5.95 Å². The fourth-order valence-electron chi connectivity index (χ4n) is 3.84. The maximum absolute atomic E-state index is 12.5. The van der Waals surface area contributed by atoms with Crippen molar-refractivity contribution < 1.29 is 23.8 Å². The van der Waals surface area contributed by atoms with Gasteiger partial charge in [-0.15, -0.1) is 0 Å². The Hall–Kier alpha value is -5.96. The zero-order valence-electron chi connectivity index (χ0n) is 23.4. The number of aromatic nitrogens is 2. The second kappa shape index (κ2) is 14.6. The highest BCUT2D eigenvalue weighted by molar-refractivity contribution is 5.93. The van der Waals surface area contributed by atoms with E-state index in [0.29, 0.717) is 40.5 Å². The average molecular weight is 581 g/mol. The van der Waals surface area contributed by atoms with E-state index in [-0.39, 0.29) is 30.4 Å². The Morgan fingerprint density at radius 3 is 2.47 bits per heavy atom. The molecule has 218 valence electrons. The lowest BCUT2D eigenvalue weighted by atomic mass is 10.1. The molecule has 4 rings (SSSR count). The summed E-state index contributed by atoms with van der Waals surface area (Å²) >= 11 is 0. The Balaban J connectivity index is 1.40. The number of ether oxygens (including phenoxy) is 3. The lowest BCUT2D eigenvalue weighted by Gasteiger charge is -2.13. The minimum absolute atomic E-state index is 0.0608. The van der Waals surface area contributed by atoms with Gasteiger partial charge in [-0.1, -0.05) is 30.3 Å². The van der Waals surface area contributed by atoms with Crippen LogP contribution in [0.1, 0.15) is 35.3 Å². The number of esters is 1. The quantitative estimate of drug-likeness (QED) is 0.125. The summed E-state index contributed by atoms with van der Waals surface area (Å²) < 4.78 is 16.3. The Morgan fingerprint density at radius 1 is 1.00 bits per heavy atom. The van der Waals surface area contributed by atoms with Crippen LogP contribution in [0.15, 0.2) is 82.7 Å². The van der Waals surface area contributed by atoms with Crippen molar-refractivity contribution in [2.45, 2.75) is 13.8 Å². The van der Waals surface area contributed by atoms with Crippen molar-refractivity contribution in [2.75, 3.05) is 30.6 Å². The summed E-state index contributed by atoms with van der Waals surface area (Å²) in [5.41, 5.74) is 4.37. The molecule has 0 unspecified atom stereocenters. The average Bonchev–Trinajstić information content (AvgIpc) is 3.01. The third-order valence-electron chi connectivity index (χ3n) is 5.77. The van der Waals surface area contributed by atoms with Gasteiger partial charge < -0.3 is 19.5 Å². The van der Waals surface area contributed by atoms with Gasteiger partial charge >= 0.3 is 5.97 Å².